The Kier molecular flexibility index (Phi) is 16.0. The summed E-state index contributed by atoms with van der Waals surface area (Å²) >= 11 is 0. The summed E-state index contributed by atoms with van der Waals surface area (Å²) in [5, 5.41) is 26.0. The van der Waals surface area contributed by atoms with Crippen molar-refractivity contribution in [2.75, 3.05) is 13.2 Å². The number of para-hydroxylation sites is 2. The zero-order chi connectivity index (χ0) is 43.8. The normalized spacial score (nSPS) is 13.7. The Hall–Kier alpha value is -6.78. The van der Waals surface area contributed by atoms with Crippen LogP contribution in [-0.4, -0.2) is 97.9 Å². The first kappa shape index (κ1) is 44.8. The number of nitrogens with two attached hydrogens (primary N) is 1. The van der Waals surface area contributed by atoms with Gasteiger partial charge in [-0.3, -0.25) is 24.0 Å². The molecule has 0 spiro atoms. The summed E-state index contributed by atoms with van der Waals surface area (Å²) in [7, 11) is 0. The lowest BCUT2D eigenvalue weighted by Crippen LogP contribution is -2.59. The van der Waals surface area contributed by atoms with Crippen LogP contribution in [0.2, 0.25) is 0 Å². The van der Waals surface area contributed by atoms with Gasteiger partial charge in [0.05, 0.1) is 19.0 Å². The van der Waals surface area contributed by atoms with Crippen LogP contribution in [0.5, 0.6) is 0 Å². The quantitative estimate of drug-likeness (QED) is 0.0429. The number of carbonyl (C=O) groups excluding carboxylic acids is 5. The predicted molar refractivity (Wildman–Crippen MR) is 236 cm³/mol. The van der Waals surface area contributed by atoms with Crippen molar-refractivity contribution < 1.29 is 29.1 Å². The van der Waals surface area contributed by atoms with Crippen LogP contribution in [0, 0.1) is 0 Å². The molecule has 3 heterocycles. The van der Waals surface area contributed by atoms with E-state index >= 15 is 0 Å². The van der Waals surface area contributed by atoms with E-state index in [0.29, 0.717) is 25.8 Å². The second kappa shape index (κ2) is 22.2. The molecule has 0 aliphatic carbocycles. The van der Waals surface area contributed by atoms with Crippen molar-refractivity contribution in [1.82, 2.24) is 46.5 Å². The number of aromatic amines is 3. The van der Waals surface area contributed by atoms with Crippen LogP contribution >= 0.6 is 0 Å². The summed E-state index contributed by atoms with van der Waals surface area (Å²) < 4.78 is 0. The number of imidazole rings is 1. The third-order valence-electron chi connectivity index (χ3n) is 10.9. The summed E-state index contributed by atoms with van der Waals surface area (Å²) in [4.78, 5) is 82.9. The van der Waals surface area contributed by atoms with Gasteiger partial charge in [-0.2, -0.15) is 0 Å². The highest BCUT2D eigenvalue weighted by Crippen LogP contribution is 2.21. The highest BCUT2D eigenvalue weighted by Gasteiger charge is 2.32. The topological polar surface area (TPSA) is 252 Å². The molecule has 0 bridgehead atoms. The van der Waals surface area contributed by atoms with Gasteiger partial charge in [0.25, 0.3) is 0 Å². The first-order chi connectivity index (χ1) is 30.1. The number of amides is 5. The van der Waals surface area contributed by atoms with E-state index in [2.05, 4.69) is 46.5 Å². The van der Waals surface area contributed by atoms with E-state index < -0.39 is 53.8 Å². The third-order valence-corrected chi connectivity index (χ3v) is 10.9. The van der Waals surface area contributed by atoms with Gasteiger partial charge in [-0.05, 0) is 61.6 Å². The molecule has 11 N–H and O–H groups in total. The van der Waals surface area contributed by atoms with Gasteiger partial charge in [-0.15, -0.1) is 0 Å². The minimum atomic E-state index is -1.19. The van der Waals surface area contributed by atoms with Crippen LogP contribution in [0.1, 0.15) is 55.0 Å². The van der Waals surface area contributed by atoms with Gasteiger partial charge in [-0.1, -0.05) is 73.2 Å². The molecule has 0 aliphatic heterocycles. The molecule has 6 rings (SSSR count). The molecular weight excluding hydrogens is 789 g/mol. The minimum Gasteiger partial charge on any atom is -0.394 e. The predicted octanol–water partition coefficient (Wildman–Crippen LogP) is 2.60. The van der Waals surface area contributed by atoms with Crippen molar-refractivity contribution in [3.8, 4) is 0 Å². The van der Waals surface area contributed by atoms with E-state index in [4.69, 9.17) is 5.73 Å². The van der Waals surface area contributed by atoms with E-state index in [0.717, 1.165) is 50.6 Å². The fourth-order valence-electron chi connectivity index (χ4n) is 7.45. The van der Waals surface area contributed by atoms with Gasteiger partial charge in [0.15, 0.2) is 0 Å². The van der Waals surface area contributed by atoms with Gasteiger partial charge in [0.1, 0.15) is 24.2 Å². The van der Waals surface area contributed by atoms with Crippen molar-refractivity contribution in [2.24, 2.45) is 5.73 Å². The molecule has 5 amide bonds. The first-order valence-corrected chi connectivity index (χ1v) is 21.0. The lowest BCUT2D eigenvalue weighted by atomic mass is 10.0. The molecule has 0 saturated heterocycles. The van der Waals surface area contributed by atoms with Crippen LogP contribution in [0.3, 0.4) is 0 Å². The Balaban J connectivity index is 1.20. The summed E-state index contributed by atoms with van der Waals surface area (Å²) in [5.41, 5.74) is 10.5. The maximum Gasteiger partial charge on any atom is 0.243 e. The van der Waals surface area contributed by atoms with Crippen molar-refractivity contribution in [3.05, 3.63) is 126 Å². The van der Waals surface area contributed by atoms with Crippen molar-refractivity contribution in [1.29, 1.82) is 0 Å². The molecule has 0 saturated carbocycles. The molecule has 3 aromatic carbocycles. The standard InChI is InChI=1S/C46H56N10O6/c1-29(52-44(60)40(54-42(58)19-18-33-26-48-28-51-33)22-31-24-49-37-16-7-5-14-35(31)37)43(59)55-41(23-32-25-50-38-17-8-6-15-36(32)38)46(62)56-39(21-30-11-3-2-4-12-30)45(61)53-34(27-57)13-9-10-20-47/h2-8,11-12,14-17,24-26,28-29,34,39-41,49-50,57H,9-10,13,18-23,27,47H2,1H3,(H,48,51)(H,52,60)(H,53,61)(H,54,58)(H,55,59)(H,56,62)/t29-,34-,39+,40+,41-/m0/s1. The second-order valence-electron chi connectivity index (χ2n) is 15.5. The van der Waals surface area contributed by atoms with Gasteiger partial charge in [-0.25, -0.2) is 4.98 Å². The number of aromatic nitrogens is 4. The van der Waals surface area contributed by atoms with Crippen molar-refractivity contribution in [2.45, 2.75) is 88.5 Å². The Morgan fingerprint density at radius 3 is 1.84 bits per heavy atom. The van der Waals surface area contributed by atoms with E-state index in [9.17, 15) is 29.1 Å². The number of H-pyrrole nitrogens is 3. The molecular formula is C46H56N10O6. The lowest BCUT2D eigenvalue weighted by Gasteiger charge is -2.26. The summed E-state index contributed by atoms with van der Waals surface area (Å²) in [5.74, 6) is -2.71. The molecule has 5 atom stereocenters. The largest absolute Gasteiger partial charge is 0.394 e. The van der Waals surface area contributed by atoms with Gasteiger partial charge in [0, 0.05) is 71.8 Å². The average Bonchev–Trinajstić information content (AvgIpc) is 4.06. The zero-order valence-electron chi connectivity index (χ0n) is 34.8. The molecule has 0 fully saturated rings. The number of rotatable bonds is 23. The molecule has 326 valence electrons. The molecule has 62 heavy (non-hydrogen) atoms. The SMILES string of the molecule is C[C@H](NC(=O)[C@@H](Cc1c[nH]c2ccccc12)NC(=O)CCc1cnc[nH]1)C(=O)N[C@@H](Cc1c[nH]c2ccccc12)C(=O)N[C@H](Cc1ccccc1)C(=O)N[C@H](CO)CCCCN. The van der Waals surface area contributed by atoms with Crippen LogP contribution in [-0.2, 0) is 49.7 Å². The number of hydrogen-bond donors (Lipinski definition) is 10. The number of nitrogens with zero attached hydrogens (tertiary/aromatic N) is 1. The number of unbranched alkanes of at least 4 members (excludes halogenated alkanes) is 1. The average molecular weight is 845 g/mol. The van der Waals surface area contributed by atoms with Crippen LogP contribution in [0.4, 0.5) is 0 Å². The molecule has 16 nitrogen and oxygen atoms in total. The number of aliphatic hydroxyl groups is 1. The van der Waals surface area contributed by atoms with Crippen LogP contribution < -0.4 is 32.3 Å². The van der Waals surface area contributed by atoms with E-state index in [1.54, 1.807) is 18.6 Å². The molecule has 3 aromatic heterocycles. The molecule has 0 aliphatic rings. The minimum absolute atomic E-state index is 0.0514. The van der Waals surface area contributed by atoms with Gasteiger partial charge >= 0.3 is 0 Å². The highest BCUT2D eigenvalue weighted by molar-refractivity contribution is 5.96. The molecule has 0 unspecified atom stereocenters. The van der Waals surface area contributed by atoms with Crippen molar-refractivity contribution in [3.63, 3.8) is 0 Å². The van der Waals surface area contributed by atoms with Gasteiger partial charge < -0.3 is 52.4 Å². The van der Waals surface area contributed by atoms with Crippen molar-refractivity contribution >= 4 is 51.3 Å². The lowest BCUT2D eigenvalue weighted by molar-refractivity contribution is -0.134. The van der Waals surface area contributed by atoms with Gasteiger partial charge in [0.2, 0.25) is 29.5 Å². The van der Waals surface area contributed by atoms with E-state index in [-0.39, 0.29) is 38.2 Å². The molecule has 6 aromatic rings. The molecule has 16 heteroatoms. The Morgan fingerprint density at radius 1 is 0.661 bits per heavy atom. The third kappa shape index (κ3) is 12.4. The Bertz CT molecular complexity index is 2390. The molecule has 0 radical (unpaired) electrons. The fraction of sp³-hybridized carbons (Fsp3) is 0.348. The second-order valence-corrected chi connectivity index (χ2v) is 15.5. The zero-order valence-corrected chi connectivity index (χ0v) is 34.8. The first-order valence-electron chi connectivity index (χ1n) is 21.0. The van der Waals surface area contributed by atoms with E-state index in [1.165, 1.54) is 13.3 Å². The fourth-order valence-corrected chi connectivity index (χ4v) is 7.45. The monoisotopic (exact) mass is 844 g/mol. The maximum absolute atomic E-state index is 14.4. The number of aryl methyl sites for hydroxylation is 1. The van der Waals surface area contributed by atoms with Crippen LogP contribution in [0.15, 0.2) is 104 Å². The number of carbonyl (C=O) groups is 5. The Morgan fingerprint density at radius 2 is 1.23 bits per heavy atom. The van der Waals surface area contributed by atoms with E-state index in [1.807, 2.05) is 78.9 Å². The maximum atomic E-state index is 14.4. The number of aliphatic hydroxyl groups excluding tert-OH is 1. The summed E-state index contributed by atoms with van der Waals surface area (Å²) in [6, 6.07) is 19.4. The number of benzene rings is 3. The summed E-state index contributed by atoms with van der Waals surface area (Å²) in [6.45, 7) is 1.70. The van der Waals surface area contributed by atoms with Crippen LogP contribution in [0.25, 0.3) is 21.8 Å². The summed E-state index contributed by atoms with van der Waals surface area (Å²) in [6.07, 6.45) is 9.48. The highest BCUT2D eigenvalue weighted by atomic mass is 16.3. The number of fused-ring (bicyclic) bond motifs is 2. The number of hydrogen-bond acceptors (Lipinski definition) is 8. The number of nitrogens with one attached hydrogen (secondary N) is 8. The smallest absolute Gasteiger partial charge is 0.243 e. The Labute approximate surface area is 359 Å².